The van der Waals surface area contributed by atoms with Gasteiger partial charge in [-0.3, -0.25) is 9.89 Å². The lowest BCUT2D eigenvalue weighted by Crippen LogP contribution is -2.25. The number of amides is 1. The largest absolute Gasteiger partial charge is 0.497 e. The molecule has 1 heterocycles. The number of aromatic nitrogens is 2. The average Bonchev–Trinajstić information content (AvgIpc) is 3.26. The van der Waals surface area contributed by atoms with Gasteiger partial charge >= 0.3 is 0 Å². The predicted octanol–water partition coefficient (Wildman–Crippen LogP) is 4.30. The minimum atomic E-state index is -0.0753. The molecule has 2 N–H and O–H groups in total. The van der Waals surface area contributed by atoms with Gasteiger partial charge in [0, 0.05) is 30.9 Å². The summed E-state index contributed by atoms with van der Waals surface area (Å²) in [6.07, 6.45) is 1.82. The molecule has 0 bridgehead atoms. The Balaban J connectivity index is 1.59. The van der Waals surface area contributed by atoms with E-state index in [1.165, 1.54) is 0 Å². The van der Waals surface area contributed by atoms with Crippen molar-refractivity contribution in [1.82, 2.24) is 15.5 Å². The summed E-state index contributed by atoms with van der Waals surface area (Å²) in [5.74, 6) is 0.716. The Morgan fingerprint density at radius 3 is 2.66 bits per heavy atom. The van der Waals surface area contributed by atoms with Gasteiger partial charge in [0.05, 0.1) is 18.5 Å². The maximum Gasteiger partial charge on any atom is 0.251 e. The van der Waals surface area contributed by atoms with Crippen molar-refractivity contribution in [3.63, 3.8) is 0 Å². The van der Waals surface area contributed by atoms with Crippen LogP contribution in [0.3, 0.4) is 0 Å². The summed E-state index contributed by atoms with van der Waals surface area (Å²) in [5.41, 5.74) is 4.31. The summed E-state index contributed by atoms with van der Waals surface area (Å²) in [4.78, 5) is 12.2. The highest BCUT2D eigenvalue weighted by Gasteiger charge is 2.09. The number of H-pyrrole nitrogens is 1. The smallest absolute Gasteiger partial charge is 0.251 e. The summed E-state index contributed by atoms with van der Waals surface area (Å²) in [5, 5.41) is 10.4. The highest BCUT2D eigenvalue weighted by atomic mass is 16.5. The van der Waals surface area contributed by atoms with Crippen LogP contribution in [-0.2, 0) is 4.74 Å². The van der Waals surface area contributed by atoms with Crippen LogP contribution in [0, 0.1) is 0 Å². The second-order valence-electron chi connectivity index (χ2n) is 6.70. The van der Waals surface area contributed by atoms with Gasteiger partial charge in [0.1, 0.15) is 5.75 Å². The molecular weight excluding hydrogens is 366 g/mol. The van der Waals surface area contributed by atoms with Gasteiger partial charge in [-0.1, -0.05) is 31.2 Å². The van der Waals surface area contributed by atoms with Crippen molar-refractivity contribution in [2.45, 2.75) is 19.8 Å². The number of ether oxygens (including phenoxy) is 2. The second-order valence-corrected chi connectivity index (χ2v) is 6.70. The van der Waals surface area contributed by atoms with Crippen LogP contribution in [0.1, 0.15) is 30.1 Å². The normalized spacial score (nSPS) is 10.7. The molecule has 152 valence electrons. The molecule has 6 nitrogen and oxygen atoms in total. The minimum absolute atomic E-state index is 0.0753. The van der Waals surface area contributed by atoms with E-state index in [2.05, 4.69) is 22.4 Å². The number of hydrogen-bond acceptors (Lipinski definition) is 4. The van der Waals surface area contributed by atoms with E-state index in [0.717, 1.165) is 47.7 Å². The molecule has 0 atom stereocenters. The molecule has 0 saturated heterocycles. The van der Waals surface area contributed by atoms with Gasteiger partial charge < -0.3 is 14.8 Å². The maximum atomic E-state index is 12.2. The van der Waals surface area contributed by atoms with Crippen LogP contribution in [0.15, 0.2) is 54.6 Å². The van der Waals surface area contributed by atoms with E-state index in [-0.39, 0.29) is 5.91 Å². The topological polar surface area (TPSA) is 76.2 Å². The van der Waals surface area contributed by atoms with Crippen molar-refractivity contribution in [2.75, 3.05) is 26.9 Å². The zero-order chi connectivity index (χ0) is 20.5. The fourth-order valence-corrected chi connectivity index (χ4v) is 2.93. The van der Waals surface area contributed by atoms with Crippen LogP contribution in [0.5, 0.6) is 5.75 Å². The Morgan fingerprint density at radius 2 is 1.90 bits per heavy atom. The van der Waals surface area contributed by atoms with Crippen molar-refractivity contribution in [3.8, 4) is 28.3 Å². The van der Waals surface area contributed by atoms with Crippen molar-refractivity contribution in [1.29, 1.82) is 0 Å². The van der Waals surface area contributed by atoms with Gasteiger partial charge in [-0.15, -0.1) is 0 Å². The molecule has 0 saturated carbocycles. The van der Waals surface area contributed by atoms with Crippen molar-refractivity contribution in [2.24, 2.45) is 0 Å². The third kappa shape index (κ3) is 5.68. The Labute approximate surface area is 171 Å². The molecule has 1 aromatic heterocycles. The second kappa shape index (κ2) is 10.4. The Bertz CT molecular complexity index is 919. The standard InChI is InChI=1S/C23H27N3O3/c1-3-13-29-14-5-12-24-23(27)18-10-8-17(9-11-18)21-16-22(26-25-21)19-6-4-7-20(15-19)28-2/h4,6-11,15-16H,3,5,12-14H2,1-2H3,(H,24,27)(H,25,26). The van der Waals surface area contributed by atoms with Crippen LogP contribution in [0.4, 0.5) is 0 Å². The highest BCUT2D eigenvalue weighted by Crippen LogP contribution is 2.26. The van der Waals surface area contributed by atoms with Gasteiger partial charge in [-0.05, 0) is 48.7 Å². The van der Waals surface area contributed by atoms with Gasteiger partial charge in [-0.2, -0.15) is 5.10 Å². The van der Waals surface area contributed by atoms with E-state index in [9.17, 15) is 4.79 Å². The van der Waals surface area contributed by atoms with E-state index in [1.807, 2.05) is 54.6 Å². The first-order valence-electron chi connectivity index (χ1n) is 9.87. The number of aromatic amines is 1. The number of carbonyl (C=O) groups excluding carboxylic acids is 1. The first kappa shape index (κ1) is 20.6. The molecule has 0 aliphatic rings. The van der Waals surface area contributed by atoms with Gasteiger partial charge in [0.2, 0.25) is 0 Å². The lowest BCUT2D eigenvalue weighted by atomic mass is 10.1. The number of carbonyl (C=O) groups is 1. The highest BCUT2D eigenvalue weighted by molar-refractivity contribution is 5.94. The van der Waals surface area contributed by atoms with Crippen LogP contribution >= 0.6 is 0 Å². The first-order valence-corrected chi connectivity index (χ1v) is 9.87. The van der Waals surface area contributed by atoms with E-state index < -0.39 is 0 Å². The fourth-order valence-electron chi connectivity index (χ4n) is 2.93. The van der Waals surface area contributed by atoms with Crippen molar-refractivity contribution < 1.29 is 14.3 Å². The van der Waals surface area contributed by atoms with Crippen LogP contribution < -0.4 is 10.1 Å². The van der Waals surface area contributed by atoms with Gasteiger partial charge in [-0.25, -0.2) is 0 Å². The van der Waals surface area contributed by atoms with Gasteiger partial charge in [0.15, 0.2) is 0 Å². The van der Waals surface area contributed by atoms with E-state index >= 15 is 0 Å². The Kier molecular flexibility index (Phi) is 7.41. The summed E-state index contributed by atoms with van der Waals surface area (Å²) in [6, 6.07) is 17.2. The fraction of sp³-hybridized carbons (Fsp3) is 0.304. The lowest BCUT2D eigenvalue weighted by Gasteiger charge is -2.06. The first-order chi connectivity index (χ1) is 14.2. The molecule has 0 radical (unpaired) electrons. The number of rotatable bonds is 10. The SMILES string of the molecule is CCCOCCCNC(=O)c1ccc(-c2cc(-c3cccc(OC)c3)n[nH]2)cc1. The van der Waals surface area contributed by atoms with Crippen molar-refractivity contribution in [3.05, 3.63) is 60.2 Å². The molecule has 6 heteroatoms. The molecule has 0 unspecified atom stereocenters. The number of benzene rings is 2. The van der Waals surface area contributed by atoms with Crippen LogP contribution in [-0.4, -0.2) is 43.0 Å². The minimum Gasteiger partial charge on any atom is -0.497 e. The number of nitrogens with one attached hydrogen (secondary N) is 2. The van der Waals surface area contributed by atoms with E-state index in [0.29, 0.717) is 18.7 Å². The quantitative estimate of drug-likeness (QED) is 0.504. The monoisotopic (exact) mass is 393 g/mol. The van der Waals surface area contributed by atoms with Crippen LogP contribution in [0.25, 0.3) is 22.5 Å². The molecule has 3 aromatic rings. The summed E-state index contributed by atoms with van der Waals surface area (Å²) >= 11 is 0. The molecule has 0 fully saturated rings. The Morgan fingerprint density at radius 1 is 1.07 bits per heavy atom. The maximum absolute atomic E-state index is 12.2. The molecule has 0 spiro atoms. The number of hydrogen-bond donors (Lipinski definition) is 2. The molecule has 0 aliphatic heterocycles. The third-order valence-corrected chi connectivity index (χ3v) is 4.50. The summed E-state index contributed by atoms with van der Waals surface area (Å²) < 4.78 is 10.7. The zero-order valence-electron chi connectivity index (χ0n) is 16.9. The zero-order valence-corrected chi connectivity index (χ0v) is 16.9. The molecule has 1 amide bonds. The Hall–Kier alpha value is -3.12. The van der Waals surface area contributed by atoms with Crippen molar-refractivity contribution >= 4 is 5.91 Å². The molecule has 0 aliphatic carbocycles. The molecule has 29 heavy (non-hydrogen) atoms. The third-order valence-electron chi connectivity index (χ3n) is 4.50. The molecule has 2 aromatic carbocycles. The predicted molar refractivity (Wildman–Crippen MR) is 114 cm³/mol. The van der Waals surface area contributed by atoms with E-state index in [1.54, 1.807) is 7.11 Å². The van der Waals surface area contributed by atoms with Crippen LogP contribution in [0.2, 0.25) is 0 Å². The number of nitrogens with zero attached hydrogens (tertiary/aromatic N) is 1. The molecule has 3 rings (SSSR count). The summed E-state index contributed by atoms with van der Waals surface area (Å²) in [6.45, 7) is 4.12. The molecular formula is C23H27N3O3. The van der Waals surface area contributed by atoms with E-state index in [4.69, 9.17) is 9.47 Å². The van der Waals surface area contributed by atoms with Gasteiger partial charge in [0.25, 0.3) is 5.91 Å². The lowest BCUT2D eigenvalue weighted by molar-refractivity contribution is 0.0941. The number of methoxy groups -OCH3 is 1. The average molecular weight is 393 g/mol. The summed E-state index contributed by atoms with van der Waals surface area (Å²) in [7, 11) is 1.65.